The van der Waals surface area contributed by atoms with Gasteiger partial charge in [-0.3, -0.25) is 0 Å². The lowest BCUT2D eigenvalue weighted by Gasteiger charge is -2.16. The van der Waals surface area contributed by atoms with Crippen molar-refractivity contribution < 1.29 is 9.47 Å². The number of hydrogen-bond acceptors (Lipinski definition) is 3. The van der Waals surface area contributed by atoms with Crippen LogP contribution in [0.3, 0.4) is 0 Å². The van der Waals surface area contributed by atoms with Crippen LogP contribution < -0.4 is 14.8 Å². The quantitative estimate of drug-likeness (QED) is 0.519. The van der Waals surface area contributed by atoms with Gasteiger partial charge < -0.3 is 14.8 Å². The summed E-state index contributed by atoms with van der Waals surface area (Å²) >= 11 is 15.5. The van der Waals surface area contributed by atoms with Gasteiger partial charge in [0.15, 0.2) is 11.5 Å². The number of rotatable bonds is 7. The van der Waals surface area contributed by atoms with E-state index in [1.54, 1.807) is 19.2 Å². The predicted molar refractivity (Wildman–Crippen MR) is 111 cm³/mol. The largest absolute Gasteiger partial charge is 0.493 e. The van der Waals surface area contributed by atoms with Crippen LogP contribution in [0.15, 0.2) is 34.8 Å². The van der Waals surface area contributed by atoms with Gasteiger partial charge in [0.25, 0.3) is 0 Å². The molecule has 3 nitrogen and oxygen atoms in total. The van der Waals surface area contributed by atoms with Crippen molar-refractivity contribution in [2.45, 2.75) is 33.0 Å². The molecule has 0 bridgehead atoms. The van der Waals surface area contributed by atoms with Gasteiger partial charge in [0, 0.05) is 12.6 Å². The predicted octanol–water partition coefficient (Wildman–Crippen LogP) is 6.26. The lowest BCUT2D eigenvalue weighted by molar-refractivity contribution is 0.282. The third kappa shape index (κ3) is 6.54. The van der Waals surface area contributed by atoms with Gasteiger partial charge in [0.05, 0.1) is 21.6 Å². The third-order valence-electron chi connectivity index (χ3n) is 3.37. The van der Waals surface area contributed by atoms with Crippen molar-refractivity contribution in [2.75, 3.05) is 7.11 Å². The molecule has 0 fully saturated rings. The molecule has 0 radical (unpaired) electrons. The van der Waals surface area contributed by atoms with Gasteiger partial charge in [0.1, 0.15) is 6.61 Å². The lowest BCUT2D eigenvalue weighted by Crippen LogP contribution is -2.21. The van der Waals surface area contributed by atoms with Crippen LogP contribution in [0.4, 0.5) is 0 Å². The zero-order valence-electron chi connectivity index (χ0n) is 14.2. The van der Waals surface area contributed by atoms with E-state index in [-0.39, 0.29) is 12.4 Å². The Bertz CT molecular complexity index is 711. The number of nitrogens with one attached hydrogen (secondary N) is 1. The Morgan fingerprint density at radius 1 is 1.08 bits per heavy atom. The van der Waals surface area contributed by atoms with Crippen molar-refractivity contribution in [1.82, 2.24) is 5.32 Å². The van der Waals surface area contributed by atoms with Crippen LogP contribution in [0.25, 0.3) is 0 Å². The highest BCUT2D eigenvalue weighted by Gasteiger charge is 2.12. The molecule has 0 saturated carbocycles. The Balaban J connectivity index is 0.00000312. The summed E-state index contributed by atoms with van der Waals surface area (Å²) < 4.78 is 12.3. The summed E-state index contributed by atoms with van der Waals surface area (Å²) in [7, 11) is 1.63. The average molecular weight is 470 g/mol. The van der Waals surface area contributed by atoms with Crippen molar-refractivity contribution in [1.29, 1.82) is 0 Å². The van der Waals surface area contributed by atoms with E-state index in [0.717, 1.165) is 22.1 Å². The van der Waals surface area contributed by atoms with E-state index in [0.29, 0.717) is 34.2 Å². The summed E-state index contributed by atoms with van der Waals surface area (Å²) in [5.41, 5.74) is 2.05. The summed E-state index contributed by atoms with van der Waals surface area (Å²) in [5.74, 6) is 1.35. The standard InChI is InChI=1S/C18H20BrCl2NO2.ClH/c1-11(2)22-9-13-6-14(19)18(17(8-13)23-3)24-10-12-4-5-15(20)16(21)7-12;/h4-8,11,22H,9-10H2,1-3H3;1H. The summed E-state index contributed by atoms with van der Waals surface area (Å²) in [4.78, 5) is 0. The average Bonchev–Trinajstić information content (AvgIpc) is 2.54. The molecule has 0 aliphatic heterocycles. The molecule has 7 heteroatoms. The van der Waals surface area contributed by atoms with Crippen LogP contribution >= 0.6 is 51.5 Å². The maximum absolute atomic E-state index is 6.04. The summed E-state index contributed by atoms with van der Waals surface area (Å²) in [6.07, 6.45) is 0. The molecule has 2 rings (SSSR count). The van der Waals surface area contributed by atoms with Crippen molar-refractivity contribution in [3.05, 3.63) is 56.0 Å². The molecule has 0 aromatic heterocycles. The van der Waals surface area contributed by atoms with Gasteiger partial charge in [-0.25, -0.2) is 0 Å². The highest BCUT2D eigenvalue weighted by Crippen LogP contribution is 2.37. The van der Waals surface area contributed by atoms with Crippen LogP contribution in [-0.2, 0) is 13.2 Å². The summed E-state index contributed by atoms with van der Waals surface area (Å²) in [5, 5.41) is 4.43. The minimum atomic E-state index is 0. The van der Waals surface area contributed by atoms with Gasteiger partial charge in [-0.05, 0) is 51.3 Å². The topological polar surface area (TPSA) is 30.5 Å². The second-order valence-electron chi connectivity index (χ2n) is 5.68. The van der Waals surface area contributed by atoms with Gasteiger partial charge in [-0.15, -0.1) is 12.4 Å². The number of ether oxygens (including phenoxy) is 2. The zero-order valence-corrected chi connectivity index (χ0v) is 18.2. The molecule has 0 aliphatic rings. The number of hydrogen-bond donors (Lipinski definition) is 1. The molecule has 0 spiro atoms. The molecule has 25 heavy (non-hydrogen) atoms. The highest BCUT2D eigenvalue weighted by atomic mass is 79.9. The number of benzene rings is 2. The Kier molecular flexibility index (Phi) is 9.39. The second-order valence-corrected chi connectivity index (χ2v) is 7.35. The first-order valence-corrected chi connectivity index (χ1v) is 9.12. The van der Waals surface area contributed by atoms with Crippen molar-refractivity contribution in [3.8, 4) is 11.5 Å². The van der Waals surface area contributed by atoms with Crippen molar-refractivity contribution in [3.63, 3.8) is 0 Å². The molecule has 0 heterocycles. The molecule has 2 aromatic rings. The molecule has 138 valence electrons. The van der Waals surface area contributed by atoms with E-state index in [2.05, 4.69) is 35.1 Å². The Hall–Kier alpha value is -0.650. The molecule has 0 atom stereocenters. The van der Waals surface area contributed by atoms with Crippen molar-refractivity contribution in [2.24, 2.45) is 0 Å². The first-order valence-electron chi connectivity index (χ1n) is 7.57. The van der Waals surface area contributed by atoms with Crippen molar-refractivity contribution >= 4 is 51.5 Å². The smallest absolute Gasteiger partial charge is 0.175 e. The second kappa shape index (κ2) is 10.5. The fourth-order valence-corrected chi connectivity index (χ4v) is 3.05. The maximum atomic E-state index is 6.04. The summed E-state index contributed by atoms with van der Waals surface area (Å²) in [6.45, 7) is 5.36. The van der Waals surface area contributed by atoms with E-state index in [1.165, 1.54) is 0 Å². The zero-order chi connectivity index (χ0) is 17.7. The van der Waals surface area contributed by atoms with Crippen LogP contribution in [0.1, 0.15) is 25.0 Å². The fraction of sp³-hybridized carbons (Fsp3) is 0.333. The summed E-state index contributed by atoms with van der Waals surface area (Å²) in [6, 6.07) is 9.86. The Labute approximate surface area is 173 Å². The Morgan fingerprint density at radius 2 is 1.80 bits per heavy atom. The number of methoxy groups -OCH3 is 1. The monoisotopic (exact) mass is 467 g/mol. The minimum Gasteiger partial charge on any atom is -0.493 e. The molecule has 0 unspecified atom stereocenters. The highest BCUT2D eigenvalue weighted by molar-refractivity contribution is 9.10. The van der Waals surface area contributed by atoms with Crippen LogP contribution in [0.2, 0.25) is 10.0 Å². The Morgan fingerprint density at radius 3 is 2.40 bits per heavy atom. The van der Waals surface area contributed by atoms with Crippen LogP contribution in [0, 0.1) is 0 Å². The van der Waals surface area contributed by atoms with E-state index in [1.807, 2.05) is 18.2 Å². The first kappa shape index (κ1) is 22.4. The normalized spacial score (nSPS) is 10.5. The van der Waals surface area contributed by atoms with Gasteiger partial charge in [-0.2, -0.15) is 0 Å². The minimum absolute atomic E-state index is 0. The fourth-order valence-electron chi connectivity index (χ4n) is 2.12. The van der Waals surface area contributed by atoms with Gasteiger partial charge >= 0.3 is 0 Å². The van der Waals surface area contributed by atoms with Gasteiger partial charge in [-0.1, -0.05) is 43.1 Å². The first-order chi connectivity index (χ1) is 11.4. The molecule has 1 N–H and O–H groups in total. The van der Waals surface area contributed by atoms with Crippen LogP contribution in [0.5, 0.6) is 11.5 Å². The van der Waals surface area contributed by atoms with E-state index in [9.17, 15) is 0 Å². The molecular weight excluding hydrogens is 448 g/mol. The SMILES string of the molecule is COc1cc(CNC(C)C)cc(Br)c1OCc1ccc(Cl)c(Cl)c1.Cl. The van der Waals surface area contributed by atoms with E-state index >= 15 is 0 Å². The molecular formula is C18H21BrCl3NO2. The van der Waals surface area contributed by atoms with Crippen LogP contribution in [-0.4, -0.2) is 13.2 Å². The van der Waals surface area contributed by atoms with E-state index in [4.69, 9.17) is 32.7 Å². The van der Waals surface area contributed by atoms with E-state index < -0.39 is 0 Å². The molecule has 0 saturated heterocycles. The lowest BCUT2D eigenvalue weighted by atomic mass is 10.2. The molecule has 0 amide bonds. The van der Waals surface area contributed by atoms with Gasteiger partial charge in [0.2, 0.25) is 0 Å². The molecule has 2 aromatic carbocycles. The number of halogens is 4. The third-order valence-corrected chi connectivity index (χ3v) is 4.70. The maximum Gasteiger partial charge on any atom is 0.175 e. The molecule has 0 aliphatic carbocycles.